The van der Waals surface area contributed by atoms with E-state index in [1.165, 1.54) is 92.5 Å². The quantitative estimate of drug-likeness (QED) is 0.187. The molecule has 2 fully saturated rings. The number of fused-ring (bicyclic) bond motifs is 12. The molecule has 4 aliphatic rings. The highest BCUT2D eigenvalue weighted by molar-refractivity contribution is 6.02. The fourth-order valence-corrected chi connectivity index (χ4v) is 10.9. The minimum Gasteiger partial charge on any atom is -0.310 e. The highest BCUT2D eigenvalue weighted by Crippen LogP contribution is 2.66. The molecule has 2 saturated carbocycles. The molecule has 0 radical (unpaired) electrons. The molecule has 10 rings (SSSR count). The van der Waals surface area contributed by atoms with E-state index in [0.717, 1.165) is 11.8 Å². The Bertz CT molecular complexity index is 2330. The summed E-state index contributed by atoms with van der Waals surface area (Å²) in [6, 6.07) is 46.9. The molecule has 0 N–H and O–H groups in total. The number of benzene rings is 6. The fraction of sp³-hybridized carbons (Fsp3) is 0.292. The maximum absolute atomic E-state index is 2.61. The van der Waals surface area contributed by atoms with E-state index in [9.17, 15) is 0 Å². The van der Waals surface area contributed by atoms with Crippen LogP contribution in [0.5, 0.6) is 0 Å². The van der Waals surface area contributed by atoms with Gasteiger partial charge in [-0.25, -0.2) is 0 Å². The third-order valence-corrected chi connectivity index (χ3v) is 13.0. The van der Waals surface area contributed by atoms with E-state index in [-0.39, 0.29) is 16.2 Å². The highest BCUT2D eigenvalue weighted by Gasteiger charge is 2.56. The van der Waals surface area contributed by atoms with E-state index in [0.29, 0.717) is 0 Å². The molecule has 242 valence electrons. The van der Waals surface area contributed by atoms with Crippen molar-refractivity contribution in [1.29, 1.82) is 0 Å². The van der Waals surface area contributed by atoms with Crippen LogP contribution in [-0.2, 0) is 16.2 Å². The summed E-state index contributed by atoms with van der Waals surface area (Å²) in [6.45, 7) is 11.8. The van der Waals surface area contributed by atoms with Gasteiger partial charge in [-0.2, -0.15) is 0 Å². The summed E-state index contributed by atoms with van der Waals surface area (Å²) in [5.74, 6) is 1.57. The Balaban J connectivity index is 1.24. The van der Waals surface area contributed by atoms with Crippen LogP contribution >= 0.6 is 0 Å². The molecule has 0 heterocycles. The van der Waals surface area contributed by atoms with Gasteiger partial charge in [0.05, 0.1) is 5.69 Å². The molecule has 49 heavy (non-hydrogen) atoms. The van der Waals surface area contributed by atoms with Crippen molar-refractivity contribution in [2.24, 2.45) is 11.8 Å². The minimum atomic E-state index is -0.0738. The molecule has 6 aromatic rings. The summed E-state index contributed by atoms with van der Waals surface area (Å²) in [5.41, 5.74) is 16.8. The SMILES string of the molecule is CC(C)(C)c1cccc2cccc(N(c3ccc4c(c3)C(C)(C)c3ccccc3-4)c3ccc4c(c3)C3(CC5CCC3C5)c3ccccc3-4)c12. The molecule has 1 spiro atoms. The van der Waals surface area contributed by atoms with Crippen molar-refractivity contribution < 1.29 is 0 Å². The van der Waals surface area contributed by atoms with E-state index < -0.39 is 0 Å². The van der Waals surface area contributed by atoms with Gasteiger partial charge in [-0.1, -0.05) is 132 Å². The monoisotopic (exact) mass is 635 g/mol. The summed E-state index contributed by atoms with van der Waals surface area (Å²) in [7, 11) is 0. The van der Waals surface area contributed by atoms with Crippen LogP contribution in [0.25, 0.3) is 33.0 Å². The molecule has 0 aliphatic heterocycles. The van der Waals surface area contributed by atoms with Crippen molar-refractivity contribution in [2.45, 2.75) is 76.5 Å². The van der Waals surface area contributed by atoms with Gasteiger partial charge in [0, 0.05) is 27.6 Å². The number of hydrogen-bond donors (Lipinski definition) is 0. The first-order chi connectivity index (χ1) is 23.7. The van der Waals surface area contributed by atoms with Gasteiger partial charge in [0.15, 0.2) is 0 Å². The van der Waals surface area contributed by atoms with Crippen LogP contribution in [0.15, 0.2) is 121 Å². The van der Waals surface area contributed by atoms with Crippen LogP contribution in [0.4, 0.5) is 17.1 Å². The maximum atomic E-state index is 2.61. The molecule has 1 heteroatoms. The first kappa shape index (κ1) is 29.3. The molecule has 1 nitrogen and oxygen atoms in total. The van der Waals surface area contributed by atoms with Crippen molar-refractivity contribution in [2.75, 3.05) is 4.90 Å². The van der Waals surface area contributed by atoms with Gasteiger partial charge in [-0.05, 0) is 122 Å². The van der Waals surface area contributed by atoms with Gasteiger partial charge in [-0.3, -0.25) is 0 Å². The van der Waals surface area contributed by atoms with Gasteiger partial charge >= 0.3 is 0 Å². The fourth-order valence-electron chi connectivity index (χ4n) is 10.9. The summed E-state index contributed by atoms with van der Waals surface area (Å²) < 4.78 is 0. The van der Waals surface area contributed by atoms with Crippen molar-refractivity contribution >= 4 is 27.8 Å². The minimum absolute atomic E-state index is 0.00439. The zero-order chi connectivity index (χ0) is 33.3. The van der Waals surface area contributed by atoms with Crippen LogP contribution in [-0.4, -0.2) is 0 Å². The van der Waals surface area contributed by atoms with E-state index >= 15 is 0 Å². The van der Waals surface area contributed by atoms with Gasteiger partial charge < -0.3 is 4.90 Å². The van der Waals surface area contributed by atoms with E-state index in [1.807, 2.05) is 0 Å². The third-order valence-electron chi connectivity index (χ3n) is 13.0. The summed E-state index contributed by atoms with van der Waals surface area (Å²) in [4.78, 5) is 2.60. The van der Waals surface area contributed by atoms with Crippen LogP contribution in [0.1, 0.15) is 88.1 Å². The lowest BCUT2D eigenvalue weighted by atomic mass is 9.67. The zero-order valence-corrected chi connectivity index (χ0v) is 29.5. The number of rotatable bonds is 3. The molecule has 6 aromatic carbocycles. The predicted octanol–water partition coefficient (Wildman–Crippen LogP) is 13.0. The first-order valence-electron chi connectivity index (χ1n) is 18.5. The average Bonchev–Trinajstić information content (AvgIpc) is 3.85. The second-order valence-corrected chi connectivity index (χ2v) is 17.0. The van der Waals surface area contributed by atoms with E-state index in [2.05, 4.69) is 161 Å². The Morgan fingerprint density at radius 2 is 1.20 bits per heavy atom. The number of hydrogen-bond acceptors (Lipinski definition) is 1. The largest absolute Gasteiger partial charge is 0.310 e. The molecule has 2 bridgehead atoms. The topological polar surface area (TPSA) is 3.24 Å². The predicted molar refractivity (Wildman–Crippen MR) is 207 cm³/mol. The van der Waals surface area contributed by atoms with Gasteiger partial charge in [0.25, 0.3) is 0 Å². The van der Waals surface area contributed by atoms with Crippen LogP contribution in [0.2, 0.25) is 0 Å². The number of anilines is 3. The smallest absolute Gasteiger partial charge is 0.0543 e. The summed E-state index contributed by atoms with van der Waals surface area (Å²) in [6.07, 6.45) is 5.42. The molecule has 0 saturated heterocycles. The second kappa shape index (κ2) is 9.97. The second-order valence-electron chi connectivity index (χ2n) is 17.0. The summed E-state index contributed by atoms with van der Waals surface area (Å²) >= 11 is 0. The van der Waals surface area contributed by atoms with Crippen LogP contribution in [0.3, 0.4) is 0 Å². The molecular formula is C48H45N. The van der Waals surface area contributed by atoms with E-state index in [4.69, 9.17) is 0 Å². The molecular weight excluding hydrogens is 591 g/mol. The maximum Gasteiger partial charge on any atom is 0.0543 e. The van der Waals surface area contributed by atoms with Crippen LogP contribution < -0.4 is 4.90 Å². The molecule has 3 unspecified atom stereocenters. The van der Waals surface area contributed by atoms with Crippen molar-refractivity contribution in [1.82, 2.24) is 0 Å². The third kappa shape index (κ3) is 3.94. The Labute approximate surface area is 291 Å². The highest BCUT2D eigenvalue weighted by atomic mass is 15.1. The van der Waals surface area contributed by atoms with Gasteiger partial charge in [0.2, 0.25) is 0 Å². The molecule has 3 atom stereocenters. The lowest BCUT2D eigenvalue weighted by Crippen LogP contribution is -2.32. The first-order valence-corrected chi connectivity index (χ1v) is 18.5. The average molecular weight is 636 g/mol. The van der Waals surface area contributed by atoms with E-state index in [1.54, 1.807) is 11.1 Å². The van der Waals surface area contributed by atoms with Crippen molar-refractivity contribution in [3.05, 3.63) is 149 Å². The van der Waals surface area contributed by atoms with Gasteiger partial charge in [0.1, 0.15) is 0 Å². The molecule has 0 amide bonds. The van der Waals surface area contributed by atoms with Crippen molar-refractivity contribution in [3.8, 4) is 22.3 Å². The van der Waals surface area contributed by atoms with Crippen molar-refractivity contribution in [3.63, 3.8) is 0 Å². The van der Waals surface area contributed by atoms with Crippen LogP contribution in [0, 0.1) is 11.8 Å². The lowest BCUT2D eigenvalue weighted by molar-refractivity contribution is 0.327. The summed E-state index contributed by atoms with van der Waals surface area (Å²) in [5, 5.41) is 2.64. The Morgan fingerprint density at radius 1 is 0.592 bits per heavy atom. The Morgan fingerprint density at radius 3 is 1.88 bits per heavy atom. The zero-order valence-electron chi connectivity index (χ0n) is 29.5. The Kier molecular flexibility index (Phi) is 5.97. The molecule has 4 aliphatic carbocycles. The van der Waals surface area contributed by atoms with Gasteiger partial charge in [-0.15, -0.1) is 0 Å². The number of nitrogens with zero attached hydrogens (tertiary/aromatic N) is 1. The Hall–Kier alpha value is -4.62. The molecule has 0 aromatic heterocycles. The standard InChI is InChI=1S/C48H45N/c1-46(2,3)41-18-10-12-31-13-11-19-44(45(31)41)49(33-22-24-37-35-14-6-8-16-39(35)47(4,5)42(37)27-33)34-23-25-38-36-15-7-9-17-40(36)48(43(38)28-34)29-30-20-21-32(48)26-30/h6-19,22-25,27-28,30,32H,20-21,26,29H2,1-5H3. The normalized spacial score (nSPS) is 22.3. The lowest BCUT2D eigenvalue weighted by Gasteiger charge is -2.37.